The molecule has 4 rings (SSSR count). The molecule has 0 bridgehead atoms. The van der Waals surface area contributed by atoms with Crippen LogP contribution >= 0.6 is 11.8 Å². The van der Waals surface area contributed by atoms with Gasteiger partial charge in [0.15, 0.2) is 10.9 Å². The minimum atomic E-state index is -0.146. The highest BCUT2D eigenvalue weighted by Crippen LogP contribution is 2.21. The third-order valence-corrected chi connectivity index (χ3v) is 7.17. The fraction of sp³-hybridized carbons (Fsp3) is 0.267. The number of rotatable bonds is 11. The number of hydrogen-bond donors (Lipinski definition) is 0. The van der Waals surface area contributed by atoms with Crippen molar-refractivity contribution in [3.05, 3.63) is 106 Å². The molecule has 0 aliphatic heterocycles. The summed E-state index contributed by atoms with van der Waals surface area (Å²) in [6.07, 6.45) is 2.88. The van der Waals surface area contributed by atoms with Crippen molar-refractivity contribution >= 4 is 34.4 Å². The first-order chi connectivity index (χ1) is 18.0. The lowest BCUT2D eigenvalue weighted by atomic mass is 10.1. The molecule has 3 aromatic carbocycles. The second-order valence-electron chi connectivity index (χ2n) is 9.01. The second kappa shape index (κ2) is 12.5. The van der Waals surface area contributed by atoms with E-state index in [2.05, 4.69) is 6.92 Å². The number of Topliss-reactive ketones (excluding diaryl/α,β-unsaturated/α-hetero) is 1. The van der Waals surface area contributed by atoms with Crippen LogP contribution in [0.25, 0.3) is 10.9 Å². The van der Waals surface area contributed by atoms with E-state index in [0.29, 0.717) is 40.3 Å². The molecule has 0 aliphatic rings. The maximum atomic E-state index is 13.4. The van der Waals surface area contributed by atoms with Crippen LogP contribution in [0.2, 0.25) is 0 Å². The smallest absolute Gasteiger partial charge is 0.262 e. The molecule has 0 spiro atoms. The molecule has 0 unspecified atom stereocenters. The molecule has 6 nitrogen and oxygen atoms in total. The highest BCUT2D eigenvalue weighted by molar-refractivity contribution is 7.99. The van der Waals surface area contributed by atoms with Crippen LogP contribution in [0.4, 0.5) is 0 Å². The van der Waals surface area contributed by atoms with E-state index in [4.69, 9.17) is 4.98 Å². The van der Waals surface area contributed by atoms with Crippen molar-refractivity contribution in [2.75, 3.05) is 12.8 Å². The summed E-state index contributed by atoms with van der Waals surface area (Å²) in [5.41, 5.74) is 2.45. The Balaban J connectivity index is 1.63. The Hall–Kier alpha value is -3.71. The van der Waals surface area contributed by atoms with Gasteiger partial charge in [0.1, 0.15) is 0 Å². The number of thioether (sulfide) groups is 1. The number of hydrogen-bond acceptors (Lipinski definition) is 5. The summed E-state index contributed by atoms with van der Waals surface area (Å²) in [4.78, 5) is 45.7. The molecule has 0 N–H and O–H groups in total. The zero-order valence-corrected chi connectivity index (χ0v) is 22.0. The van der Waals surface area contributed by atoms with Crippen LogP contribution in [-0.2, 0) is 13.1 Å². The monoisotopic (exact) mass is 513 g/mol. The van der Waals surface area contributed by atoms with Crippen molar-refractivity contribution in [2.45, 2.75) is 44.4 Å². The summed E-state index contributed by atoms with van der Waals surface area (Å²) in [6, 6.07) is 24.0. The Morgan fingerprint density at radius 2 is 1.62 bits per heavy atom. The van der Waals surface area contributed by atoms with Gasteiger partial charge in [-0.2, -0.15) is 0 Å². The molecule has 4 aromatic rings. The molecule has 0 fully saturated rings. The first-order valence-corrected chi connectivity index (χ1v) is 13.5. The first kappa shape index (κ1) is 26.4. The molecule has 0 saturated heterocycles. The number of unbranched alkanes of at least 4 members (excludes halogenated alkanes) is 2. The standard InChI is InChI=1S/C30H31N3O3S/c1-3-4-11-18-33-29(36)25-17-16-24(28(35)32(2)20-22-12-7-5-8-13-22)19-26(25)31-30(33)37-21-27(34)23-14-9-6-10-15-23/h5-10,12-17,19H,3-4,11,18,20-21H2,1-2H3. The van der Waals surface area contributed by atoms with Crippen molar-refractivity contribution in [3.63, 3.8) is 0 Å². The van der Waals surface area contributed by atoms with E-state index >= 15 is 0 Å². The van der Waals surface area contributed by atoms with Gasteiger partial charge in [0, 0.05) is 31.3 Å². The van der Waals surface area contributed by atoms with Crippen LogP contribution in [0.5, 0.6) is 0 Å². The van der Waals surface area contributed by atoms with Crippen molar-refractivity contribution < 1.29 is 9.59 Å². The molecule has 0 aliphatic carbocycles. The van der Waals surface area contributed by atoms with Gasteiger partial charge < -0.3 is 4.90 Å². The van der Waals surface area contributed by atoms with E-state index in [9.17, 15) is 14.4 Å². The first-order valence-electron chi connectivity index (χ1n) is 12.5. The van der Waals surface area contributed by atoms with E-state index in [1.54, 1.807) is 46.8 Å². The maximum Gasteiger partial charge on any atom is 0.262 e. The molecule has 0 radical (unpaired) electrons. The van der Waals surface area contributed by atoms with Crippen LogP contribution < -0.4 is 5.56 Å². The number of nitrogens with zero attached hydrogens (tertiary/aromatic N) is 3. The number of aromatic nitrogens is 2. The lowest BCUT2D eigenvalue weighted by Crippen LogP contribution is -2.27. The Bertz CT molecular complexity index is 1440. The number of carbonyl (C=O) groups is 2. The minimum absolute atomic E-state index is 0.0217. The summed E-state index contributed by atoms with van der Waals surface area (Å²) in [5, 5.41) is 0.970. The van der Waals surface area contributed by atoms with Crippen molar-refractivity contribution in [3.8, 4) is 0 Å². The van der Waals surface area contributed by atoms with Gasteiger partial charge in [0.05, 0.1) is 16.7 Å². The average Bonchev–Trinajstić information content (AvgIpc) is 2.93. The fourth-order valence-corrected chi connectivity index (χ4v) is 5.07. The van der Waals surface area contributed by atoms with E-state index < -0.39 is 0 Å². The SMILES string of the molecule is CCCCCn1c(SCC(=O)c2ccccc2)nc2cc(C(=O)N(C)Cc3ccccc3)ccc2c1=O. The second-order valence-corrected chi connectivity index (χ2v) is 9.96. The van der Waals surface area contributed by atoms with Crippen molar-refractivity contribution in [1.82, 2.24) is 14.5 Å². The predicted octanol–water partition coefficient (Wildman–Crippen LogP) is 5.83. The van der Waals surface area contributed by atoms with Crippen molar-refractivity contribution in [1.29, 1.82) is 0 Å². The molecule has 37 heavy (non-hydrogen) atoms. The Morgan fingerprint density at radius 3 is 2.32 bits per heavy atom. The minimum Gasteiger partial charge on any atom is -0.337 e. The van der Waals surface area contributed by atoms with Crippen LogP contribution in [0, 0.1) is 0 Å². The molecule has 1 amide bonds. The van der Waals surface area contributed by atoms with Gasteiger partial charge in [-0.25, -0.2) is 4.98 Å². The van der Waals surface area contributed by atoms with E-state index in [1.165, 1.54) is 11.8 Å². The summed E-state index contributed by atoms with van der Waals surface area (Å²) >= 11 is 1.27. The number of ketones is 1. The van der Waals surface area contributed by atoms with Crippen molar-refractivity contribution in [2.24, 2.45) is 0 Å². The predicted molar refractivity (Wildman–Crippen MR) is 149 cm³/mol. The molecule has 7 heteroatoms. The Morgan fingerprint density at radius 1 is 0.919 bits per heavy atom. The van der Waals surface area contributed by atoms with Gasteiger partial charge in [0.2, 0.25) is 0 Å². The fourth-order valence-electron chi connectivity index (χ4n) is 4.15. The van der Waals surface area contributed by atoms with E-state index in [-0.39, 0.29) is 23.0 Å². The van der Waals surface area contributed by atoms with Gasteiger partial charge in [-0.1, -0.05) is 92.2 Å². The molecule has 190 valence electrons. The Labute approximate surface area is 221 Å². The lowest BCUT2D eigenvalue weighted by Gasteiger charge is -2.18. The van der Waals surface area contributed by atoms with Crippen LogP contribution in [0.3, 0.4) is 0 Å². The van der Waals surface area contributed by atoms with Crippen LogP contribution in [0.1, 0.15) is 52.5 Å². The number of benzene rings is 3. The molecule has 1 aromatic heterocycles. The molecular formula is C30H31N3O3S. The van der Waals surface area contributed by atoms with E-state index in [1.807, 2.05) is 48.5 Å². The maximum absolute atomic E-state index is 13.4. The number of fused-ring (bicyclic) bond motifs is 1. The molecule has 0 atom stereocenters. The Kier molecular flexibility index (Phi) is 8.90. The summed E-state index contributed by atoms with van der Waals surface area (Å²) in [5.74, 6) is 0.00779. The van der Waals surface area contributed by atoms with Crippen LogP contribution in [0.15, 0.2) is 88.8 Å². The molecule has 1 heterocycles. The van der Waals surface area contributed by atoms with Gasteiger partial charge in [-0.05, 0) is 30.2 Å². The quantitative estimate of drug-likeness (QED) is 0.109. The number of carbonyl (C=O) groups excluding carboxylic acids is 2. The third kappa shape index (κ3) is 6.54. The average molecular weight is 514 g/mol. The summed E-state index contributed by atoms with van der Waals surface area (Å²) in [6.45, 7) is 3.13. The molecular weight excluding hydrogens is 482 g/mol. The molecule has 0 saturated carbocycles. The highest BCUT2D eigenvalue weighted by atomic mass is 32.2. The zero-order valence-electron chi connectivity index (χ0n) is 21.2. The van der Waals surface area contributed by atoms with Gasteiger partial charge in [-0.15, -0.1) is 0 Å². The third-order valence-electron chi connectivity index (χ3n) is 6.19. The van der Waals surface area contributed by atoms with Gasteiger partial charge in [-0.3, -0.25) is 19.0 Å². The summed E-state index contributed by atoms with van der Waals surface area (Å²) < 4.78 is 1.67. The topological polar surface area (TPSA) is 72.3 Å². The number of amides is 1. The normalized spacial score (nSPS) is 11.0. The highest BCUT2D eigenvalue weighted by Gasteiger charge is 2.17. The largest absolute Gasteiger partial charge is 0.337 e. The van der Waals surface area contributed by atoms with Gasteiger partial charge in [0.25, 0.3) is 11.5 Å². The van der Waals surface area contributed by atoms with E-state index in [0.717, 1.165) is 24.8 Å². The lowest BCUT2D eigenvalue weighted by molar-refractivity contribution is 0.0785. The van der Waals surface area contributed by atoms with Crippen LogP contribution in [-0.4, -0.2) is 38.9 Å². The van der Waals surface area contributed by atoms with Gasteiger partial charge >= 0.3 is 0 Å². The summed E-state index contributed by atoms with van der Waals surface area (Å²) in [7, 11) is 1.76. The zero-order chi connectivity index (χ0) is 26.2.